The van der Waals surface area contributed by atoms with E-state index in [1.54, 1.807) is 32.2 Å². The number of methoxy groups -OCH3 is 1. The lowest BCUT2D eigenvalue weighted by molar-refractivity contribution is -0.195. The Morgan fingerprint density at radius 2 is 1.47 bits per heavy atom. The molecule has 2 atom stereocenters. The van der Waals surface area contributed by atoms with Gasteiger partial charge < -0.3 is 29.2 Å². The molecule has 1 saturated heterocycles. The molecule has 30 heavy (non-hydrogen) atoms. The van der Waals surface area contributed by atoms with Crippen LogP contribution in [0.25, 0.3) is 10.8 Å². The van der Waals surface area contributed by atoms with E-state index in [9.17, 15) is 19.8 Å². The van der Waals surface area contributed by atoms with Crippen LogP contribution < -0.4 is 4.74 Å². The zero-order valence-corrected chi connectivity index (χ0v) is 17.6. The number of carboxylic acids is 2. The van der Waals surface area contributed by atoms with Gasteiger partial charge in [0, 0.05) is 25.2 Å². The molecule has 0 saturated carbocycles. The van der Waals surface area contributed by atoms with Crippen LogP contribution in [-0.2, 0) is 29.6 Å². The maximum atomic E-state index is 11.4. The minimum atomic E-state index is -1.57. The van der Waals surface area contributed by atoms with Crippen LogP contribution in [0.15, 0.2) is 36.4 Å². The molecule has 0 aromatic heterocycles. The van der Waals surface area contributed by atoms with Gasteiger partial charge in [0.15, 0.2) is 18.0 Å². The fourth-order valence-corrected chi connectivity index (χ4v) is 3.22. The predicted octanol–water partition coefficient (Wildman–Crippen LogP) is 3.41. The first-order chi connectivity index (χ1) is 14.3. The molecule has 1 aliphatic rings. The standard InChI is InChI=1S/C18H18O7.C4H10O/c1-3-18(24-14(16(19)20)15(25-18)17(21)22)12-6-4-11-9-13(23-2)7-5-10(11)8-12;1-3-5-4-2/h4-9,14-15H,3H2,1-2H3,(H,19,20)(H,21,22);3-4H2,1-2H3/t14-,15-;/m1./s1. The van der Waals surface area contributed by atoms with Crippen LogP contribution in [0.3, 0.4) is 0 Å². The molecule has 1 aliphatic heterocycles. The Hall–Kier alpha value is -2.68. The third-order valence-corrected chi connectivity index (χ3v) is 4.76. The van der Waals surface area contributed by atoms with Crippen molar-refractivity contribution in [3.63, 3.8) is 0 Å². The van der Waals surface area contributed by atoms with Gasteiger partial charge in [0.25, 0.3) is 0 Å². The summed E-state index contributed by atoms with van der Waals surface area (Å²) in [5, 5.41) is 20.3. The number of hydrogen-bond acceptors (Lipinski definition) is 6. The summed E-state index contributed by atoms with van der Waals surface area (Å²) in [5.74, 6) is -3.43. The number of fused-ring (bicyclic) bond motifs is 1. The molecule has 8 heteroatoms. The highest BCUT2D eigenvalue weighted by Crippen LogP contribution is 2.41. The monoisotopic (exact) mass is 420 g/mol. The molecule has 8 nitrogen and oxygen atoms in total. The van der Waals surface area contributed by atoms with E-state index in [4.69, 9.17) is 18.9 Å². The van der Waals surface area contributed by atoms with Gasteiger partial charge in [0.1, 0.15) is 5.75 Å². The van der Waals surface area contributed by atoms with E-state index in [0.29, 0.717) is 5.56 Å². The fourth-order valence-electron chi connectivity index (χ4n) is 3.22. The van der Waals surface area contributed by atoms with Gasteiger partial charge in [0.05, 0.1) is 7.11 Å². The molecule has 0 amide bonds. The Balaban J connectivity index is 0.000000575. The van der Waals surface area contributed by atoms with Crippen molar-refractivity contribution in [2.24, 2.45) is 0 Å². The predicted molar refractivity (Wildman–Crippen MR) is 110 cm³/mol. The molecule has 2 aromatic carbocycles. The van der Waals surface area contributed by atoms with Crippen molar-refractivity contribution >= 4 is 22.7 Å². The topological polar surface area (TPSA) is 112 Å². The van der Waals surface area contributed by atoms with E-state index in [0.717, 1.165) is 29.7 Å². The Morgan fingerprint density at radius 1 is 0.933 bits per heavy atom. The van der Waals surface area contributed by atoms with E-state index < -0.39 is 29.9 Å². The molecule has 164 valence electrons. The minimum Gasteiger partial charge on any atom is -0.497 e. The van der Waals surface area contributed by atoms with Gasteiger partial charge in [-0.05, 0) is 42.8 Å². The van der Waals surface area contributed by atoms with Gasteiger partial charge >= 0.3 is 11.9 Å². The van der Waals surface area contributed by atoms with Crippen molar-refractivity contribution in [3.05, 3.63) is 42.0 Å². The molecule has 2 aromatic rings. The van der Waals surface area contributed by atoms with Crippen LogP contribution in [0, 0.1) is 0 Å². The van der Waals surface area contributed by atoms with E-state index in [2.05, 4.69) is 0 Å². The zero-order valence-electron chi connectivity index (χ0n) is 17.6. The summed E-state index contributed by atoms with van der Waals surface area (Å²) in [6, 6.07) is 10.9. The highest BCUT2D eigenvalue weighted by molar-refractivity contribution is 5.86. The SMILES string of the molecule is CCC1(c2ccc3cc(OC)ccc3c2)O[C@@H](C(=O)O)[C@H](C(=O)O)O1.CCOCC. The third-order valence-electron chi connectivity index (χ3n) is 4.76. The highest BCUT2D eigenvalue weighted by Gasteiger charge is 2.54. The van der Waals surface area contributed by atoms with Gasteiger partial charge in [-0.15, -0.1) is 0 Å². The van der Waals surface area contributed by atoms with Gasteiger partial charge in [-0.25, -0.2) is 9.59 Å². The summed E-state index contributed by atoms with van der Waals surface area (Å²) in [7, 11) is 1.58. The van der Waals surface area contributed by atoms with Crippen molar-refractivity contribution in [1.29, 1.82) is 0 Å². The Kier molecular flexibility index (Phi) is 8.16. The second kappa shape index (κ2) is 10.4. The average Bonchev–Trinajstić information content (AvgIpc) is 3.16. The number of benzene rings is 2. The molecule has 0 radical (unpaired) electrons. The summed E-state index contributed by atoms with van der Waals surface area (Å²) in [6.07, 6.45) is -2.87. The molecule has 3 rings (SSSR count). The Bertz CT molecular complexity index is 855. The van der Waals surface area contributed by atoms with Crippen molar-refractivity contribution in [3.8, 4) is 5.75 Å². The summed E-state index contributed by atoms with van der Waals surface area (Å²) in [4.78, 5) is 22.7. The van der Waals surface area contributed by atoms with Crippen LogP contribution >= 0.6 is 0 Å². The first kappa shape index (κ1) is 23.6. The number of ether oxygens (including phenoxy) is 4. The maximum Gasteiger partial charge on any atom is 0.336 e. The third kappa shape index (κ3) is 5.08. The molecule has 0 unspecified atom stereocenters. The number of carboxylic acid groups (broad SMARTS) is 2. The lowest BCUT2D eigenvalue weighted by Gasteiger charge is -2.27. The largest absolute Gasteiger partial charge is 0.497 e. The Morgan fingerprint density at radius 3 is 1.90 bits per heavy atom. The van der Waals surface area contributed by atoms with Crippen molar-refractivity contribution in [1.82, 2.24) is 0 Å². The molecule has 0 spiro atoms. The van der Waals surface area contributed by atoms with Crippen LogP contribution in [-0.4, -0.2) is 54.7 Å². The van der Waals surface area contributed by atoms with E-state index in [1.807, 2.05) is 32.0 Å². The smallest absolute Gasteiger partial charge is 0.336 e. The molecule has 0 aliphatic carbocycles. The van der Waals surface area contributed by atoms with Gasteiger partial charge in [-0.1, -0.05) is 25.1 Å². The quantitative estimate of drug-likeness (QED) is 0.701. The molecular formula is C22H28O8. The highest BCUT2D eigenvalue weighted by atomic mass is 16.8. The van der Waals surface area contributed by atoms with Gasteiger partial charge in [0.2, 0.25) is 0 Å². The summed E-state index contributed by atoms with van der Waals surface area (Å²) in [5.41, 5.74) is 0.572. The number of aliphatic carboxylic acids is 2. The first-order valence-electron chi connectivity index (χ1n) is 9.79. The lowest BCUT2D eigenvalue weighted by atomic mass is 9.99. The van der Waals surface area contributed by atoms with Crippen molar-refractivity contribution in [2.45, 2.75) is 45.2 Å². The van der Waals surface area contributed by atoms with E-state index in [1.165, 1.54) is 0 Å². The van der Waals surface area contributed by atoms with E-state index in [-0.39, 0.29) is 6.42 Å². The summed E-state index contributed by atoms with van der Waals surface area (Å²) < 4.78 is 21.2. The number of rotatable bonds is 7. The van der Waals surface area contributed by atoms with Crippen LogP contribution in [0.1, 0.15) is 32.8 Å². The molecule has 2 N–H and O–H groups in total. The van der Waals surface area contributed by atoms with E-state index >= 15 is 0 Å². The van der Waals surface area contributed by atoms with Gasteiger partial charge in [-0.3, -0.25) is 0 Å². The average molecular weight is 420 g/mol. The first-order valence-corrected chi connectivity index (χ1v) is 9.79. The molecular weight excluding hydrogens is 392 g/mol. The number of carbonyl (C=O) groups is 2. The summed E-state index contributed by atoms with van der Waals surface area (Å²) >= 11 is 0. The maximum absolute atomic E-state index is 11.4. The van der Waals surface area contributed by atoms with Crippen LogP contribution in [0.4, 0.5) is 0 Å². The normalized spacial score (nSPS) is 19.7. The second-order valence-corrected chi connectivity index (χ2v) is 6.57. The molecule has 0 bridgehead atoms. The second-order valence-electron chi connectivity index (χ2n) is 6.57. The zero-order chi connectivity index (χ0) is 22.3. The van der Waals surface area contributed by atoms with Crippen LogP contribution in [0.2, 0.25) is 0 Å². The molecule has 1 fully saturated rings. The van der Waals surface area contributed by atoms with Crippen molar-refractivity contribution in [2.75, 3.05) is 20.3 Å². The molecule has 1 heterocycles. The fraction of sp³-hybridized carbons (Fsp3) is 0.455. The van der Waals surface area contributed by atoms with Crippen molar-refractivity contribution < 1.29 is 38.7 Å². The summed E-state index contributed by atoms with van der Waals surface area (Å²) in [6.45, 7) is 7.42. The Labute approximate surface area is 175 Å². The minimum absolute atomic E-state index is 0.266. The van der Waals surface area contributed by atoms with Crippen LogP contribution in [0.5, 0.6) is 5.75 Å². The lowest BCUT2D eigenvalue weighted by Crippen LogP contribution is -2.36. The van der Waals surface area contributed by atoms with Gasteiger partial charge in [-0.2, -0.15) is 0 Å². The number of hydrogen-bond donors (Lipinski definition) is 2.